The van der Waals surface area contributed by atoms with Crippen LogP contribution in [0.15, 0.2) is 18.2 Å². The van der Waals surface area contributed by atoms with Crippen LogP contribution in [0.4, 0.5) is 5.82 Å². The fourth-order valence-corrected chi connectivity index (χ4v) is 2.16. The average Bonchev–Trinajstić information content (AvgIpc) is 2.58. The molecular weight excluding hydrogens is 260 g/mol. The van der Waals surface area contributed by atoms with E-state index in [4.69, 9.17) is 5.11 Å². The number of rotatable bonds is 2. The SMILES string of the molecule is O=C1CC(Br)CN1c1cccc(CO)n1. The summed E-state index contributed by atoms with van der Waals surface area (Å²) in [5, 5.41) is 8.95. The van der Waals surface area contributed by atoms with E-state index in [1.54, 1.807) is 23.1 Å². The minimum absolute atomic E-state index is 0.0689. The first-order valence-corrected chi connectivity index (χ1v) is 5.63. The molecule has 2 heterocycles. The van der Waals surface area contributed by atoms with Gasteiger partial charge in [0.2, 0.25) is 5.91 Å². The molecule has 1 aliphatic rings. The van der Waals surface area contributed by atoms with Gasteiger partial charge in [-0.25, -0.2) is 4.98 Å². The minimum atomic E-state index is -0.104. The topological polar surface area (TPSA) is 53.4 Å². The molecule has 5 heteroatoms. The summed E-state index contributed by atoms with van der Waals surface area (Å²) in [6.07, 6.45) is 0.505. The molecule has 0 aromatic carbocycles. The van der Waals surface area contributed by atoms with Gasteiger partial charge in [0, 0.05) is 17.8 Å². The molecule has 1 N–H and O–H groups in total. The Kier molecular flexibility index (Phi) is 3.02. The standard InChI is InChI=1S/C10H11BrN2O2/c11-7-4-10(15)13(5-7)9-3-1-2-8(6-14)12-9/h1-3,7,14H,4-6H2. The van der Waals surface area contributed by atoms with Crippen molar-refractivity contribution >= 4 is 27.7 Å². The van der Waals surface area contributed by atoms with Crippen molar-refractivity contribution in [2.75, 3.05) is 11.4 Å². The highest BCUT2D eigenvalue weighted by Crippen LogP contribution is 2.23. The number of carbonyl (C=O) groups excluding carboxylic acids is 1. The van der Waals surface area contributed by atoms with Crippen LogP contribution in [0.5, 0.6) is 0 Å². The van der Waals surface area contributed by atoms with Crippen LogP contribution in [0.1, 0.15) is 12.1 Å². The van der Waals surface area contributed by atoms with Crippen LogP contribution < -0.4 is 4.90 Å². The summed E-state index contributed by atoms with van der Waals surface area (Å²) in [7, 11) is 0. The van der Waals surface area contributed by atoms with Crippen molar-refractivity contribution in [3.63, 3.8) is 0 Å². The highest BCUT2D eigenvalue weighted by Gasteiger charge is 2.29. The van der Waals surface area contributed by atoms with Crippen LogP contribution in [0, 0.1) is 0 Å². The second kappa shape index (κ2) is 4.28. The fraction of sp³-hybridized carbons (Fsp3) is 0.400. The molecule has 4 nitrogen and oxygen atoms in total. The van der Waals surface area contributed by atoms with Crippen molar-refractivity contribution < 1.29 is 9.90 Å². The summed E-state index contributed by atoms with van der Waals surface area (Å²) in [4.78, 5) is 17.6. The third-order valence-corrected chi connectivity index (χ3v) is 2.92. The fourth-order valence-electron chi connectivity index (χ4n) is 1.59. The molecule has 0 saturated carbocycles. The largest absolute Gasteiger partial charge is 0.390 e. The Morgan fingerprint density at radius 3 is 3.00 bits per heavy atom. The van der Waals surface area contributed by atoms with Gasteiger partial charge in [0.05, 0.1) is 12.3 Å². The number of alkyl halides is 1. The van der Waals surface area contributed by atoms with Crippen LogP contribution in [0.25, 0.3) is 0 Å². The van der Waals surface area contributed by atoms with Gasteiger partial charge in [0.15, 0.2) is 0 Å². The number of aromatic nitrogens is 1. The lowest BCUT2D eigenvalue weighted by molar-refractivity contribution is -0.117. The highest BCUT2D eigenvalue weighted by molar-refractivity contribution is 9.09. The number of aliphatic hydroxyl groups excluding tert-OH is 1. The summed E-state index contributed by atoms with van der Waals surface area (Å²) in [6, 6.07) is 5.31. The Bertz CT molecular complexity index is 383. The van der Waals surface area contributed by atoms with E-state index in [2.05, 4.69) is 20.9 Å². The average molecular weight is 271 g/mol. The van der Waals surface area contributed by atoms with Gasteiger partial charge in [-0.2, -0.15) is 0 Å². The van der Waals surface area contributed by atoms with E-state index in [9.17, 15) is 4.79 Å². The monoisotopic (exact) mass is 270 g/mol. The maximum atomic E-state index is 11.6. The van der Waals surface area contributed by atoms with E-state index in [0.29, 0.717) is 24.5 Å². The van der Waals surface area contributed by atoms with Gasteiger partial charge in [0.25, 0.3) is 0 Å². The molecular formula is C10H11BrN2O2. The molecule has 1 aromatic heterocycles. The number of anilines is 1. The van der Waals surface area contributed by atoms with Crippen LogP contribution in [-0.2, 0) is 11.4 Å². The number of hydrogen-bond donors (Lipinski definition) is 1. The Morgan fingerprint density at radius 1 is 1.60 bits per heavy atom. The molecule has 15 heavy (non-hydrogen) atoms. The van der Waals surface area contributed by atoms with E-state index in [0.717, 1.165) is 0 Å². The van der Waals surface area contributed by atoms with Gasteiger partial charge in [-0.1, -0.05) is 22.0 Å². The number of amides is 1. The first kappa shape index (κ1) is 10.6. The van der Waals surface area contributed by atoms with E-state index in [1.165, 1.54) is 0 Å². The number of pyridine rings is 1. The minimum Gasteiger partial charge on any atom is -0.390 e. The summed E-state index contributed by atoms with van der Waals surface area (Å²) in [5.74, 6) is 0.688. The van der Waals surface area contributed by atoms with Crippen molar-refractivity contribution in [1.82, 2.24) is 4.98 Å². The van der Waals surface area contributed by atoms with Crippen molar-refractivity contribution in [3.05, 3.63) is 23.9 Å². The van der Waals surface area contributed by atoms with Gasteiger partial charge in [-0.05, 0) is 12.1 Å². The molecule has 1 unspecified atom stereocenters. The maximum Gasteiger partial charge on any atom is 0.229 e. The number of aliphatic hydroxyl groups is 1. The third kappa shape index (κ3) is 2.18. The first-order valence-electron chi connectivity index (χ1n) is 4.72. The lowest BCUT2D eigenvalue weighted by Gasteiger charge is -2.14. The molecule has 0 spiro atoms. The van der Waals surface area contributed by atoms with Crippen LogP contribution >= 0.6 is 15.9 Å². The van der Waals surface area contributed by atoms with Gasteiger partial charge >= 0.3 is 0 Å². The highest BCUT2D eigenvalue weighted by atomic mass is 79.9. The Morgan fingerprint density at radius 2 is 2.40 bits per heavy atom. The predicted octanol–water partition coefficient (Wildman–Crippen LogP) is 1.07. The van der Waals surface area contributed by atoms with Crippen molar-refractivity contribution in [2.24, 2.45) is 0 Å². The summed E-state index contributed by atoms with van der Waals surface area (Å²) >= 11 is 3.41. The van der Waals surface area contributed by atoms with Gasteiger partial charge in [0.1, 0.15) is 5.82 Å². The molecule has 1 amide bonds. The normalized spacial score (nSPS) is 21.1. The number of hydrogen-bond acceptors (Lipinski definition) is 3. The third-order valence-electron chi connectivity index (χ3n) is 2.31. The summed E-state index contributed by atoms with van der Waals surface area (Å²) in [5.41, 5.74) is 0.582. The molecule has 80 valence electrons. The maximum absolute atomic E-state index is 11.6. The summed E-state index contributed by atoms with van der Waals surface area (Å²) < 4.78 is 0. The second-order valence-electron chi connectivity index (χ2n) is 3.45. The number of carbonyl (C=O) groups is 1. The molecule has 1 aromatic rings. The first-order chi connectivity index (χ1) is 7.20. The van der Waals surface area contributed by atoms with Crippen LogP contribution in [0.2, 0.25) is 0 Å². The molecule has 1 saturated heterocycles. The Hall–Kier alpha value is -0.940. The number of halogens is 1. The van der Waals surface area contributed by atoms with Gasteiger partial charge in [-0.3, -0.25) is 9.69 Å². The van der Waals surface area contributed by atoms with Crippen LogP contribution in [0.3, 0.4) is 0 Å². The van der Waals surface area contributed by atoms with Crippen molar-refractivity contribution in [2.45, 2.75) is 17.9 Å². The summed E-state index contributed by atoms with van der Waals surface area (Å²) in [6.45, 7) is 0.536. The van der Waals surface area contributed by atoms with E-state index in [-0.39, 0.29) is 17.3 Å². The smallest absolute Gasteiger partial charge is 0.229 e. The zero-order chi connectivity index (χ0) is 10.8. The lowest BCUT2D eigenvalue weighted by atomic mass is 10.3. The molecule has 1 fully saturated rings. The van der Waals surface area contributed by atoms with Gasteiger partial charge in [-0.15, -0.1) is 0 Å². The predicted molar refractivity (Wildman–Crippen MR) is 59.8 cm³/mol. The van der Waals surface area contributed by atoms with Gasteiger partial charge < -0.3 is 5.11 Å². The second-order valence-corrected chi connectivity index (χ2v) is 4.75. The molecule has 2 rings (SSSR count). The molecule has 1 atom stereocenters. The Balaban J connectivity index is 2.25. The zero-order valence-corrected chi connectivity index (χ0v) is 9.64. The quantitative estimate of drug-likeness (QED) is 0.819. The lowest BCUT2D eigenvalue weighted by Crippen LogP contribution is -2.25. The molecule has 0 aliphatic carbocycles. The molecule has 0 radical (unpaired) electrons. The number of nitrogens with zero attached hydrogens (tertiary/aromatic N) is 2. The van der Waals surface area contributed by atoms with E-state index in [1.807, 2.05) is 0 Å². The van der Waals surface area contributed by atoms with E-state index >= 15 is 0 Å². The molecule has 1 aliphatic heterocycles. The zero-order valence-electron chi connectivity index (χ0n) is 8.06. The van der Waals surface area contributed by atoms with Crippen molar-refractivity contribution in [1.29, 1.82) is 0 Å². The molecule has 0 bridgehead atoms. The van der Waals surface area contributed by atoms with Crippen LogP contribution in [-0.4, -0.2) is 27.4 Å². The Labute approximate surface area is 96.1 Å². The van der Waals surface area contributed by atoms with Crippen molar-refractivity contribution in [3.8, 4) is 0 Å². The van der Waals surface area contributed by atoms with E-state index < -0.39 is 0 Å².